The molecule has 94 valence electrons. The molecule has 0 spiro atoms. The number of hydrogen-bond acceptors (Lipinski definition) is 3. The Bertz CT molecular complexity index is 685. The number of fused-ring (bicyclic) bond motifs is 1. The molecule has 1 aromatic carbocycles. The summed E-state index contributed by atoms with van der Waals surface area (Å²) in [7, 11) is 1.41. The van der Waals surface area contributed by atoms with Crippen LogP contribution in [-0.2, 0) is 14.9 Å². The topological polar surface area (TPSA) is 75.0 Å². The minimum Gasteiger partial charge on any atom is -0.468 e. The molecule has 1 heterocycles. The van der Waals surface area contributed by atoms with Crippen molar-refractivity contribution in [2.24, 2.45) is 5.92 Å². The van der Waals surface area contributed by atoms with Crippen LogP contribution in [0.2, 0.25) is 0 Å². The minimum absolute atomic E-state index is 0.202. The van der Waals surface area contributed by atoms with Gasteiger partial charge in [-0.25, -0.2) is 4.79 Å². The summed E-state index contributed by atoms with van der Waals surface area (Å²) in [6.45, 7) is 2.03. The zero-order chi connectivity index (χ0) is 12.9. The van der Waals surface area contributed by atoms with E-state index in [2.05, 4.69) is 9.97 Å². The molecule has 18 heavy (non-hydrogen) atoms. The normalized spacial score (nSPS) is 26.2. The first kappa shape index (κ1) is 11.1. The molecule has 1 aliphatic rings. The van der Waals surface area contributed by atoms with Gasteiger partial charge in [-0.3, -0.25) is 4.79 Å². The number of methoxy groups -OCH3 is 1. The molecule has 0 saturated heterocycles. The number of nitrogens with one attached hydrogen (secondary N) is 2. The highest BCUT2D eigenvalue weighted by Gasteiger charge is 2.59. The van der Waals surface area contributed by atoms with Crippen LogP contribution in [0.25, 0.3) is 11.0 Å². The molecular weight excluding hydrogens is 232 g/mol. The van der Waals surface area contributed by atoms with Crippen LogP contribution < -0.4 is 5.69 Å². The number of carbonyl (C=O) groups excluding carboxylic acids is 1. The maximum atomic E-state index is 11.9. The lowest BCUT2D eigenvalue weighted by Crippen LogP contribution is -2.24. The molecule has 0 amide bonds. The van der Waals surface area contributed by atoms with Crippen LogP contribution in [0.15, 0.2) is 23.0 Å². The van der Waals surface area contributed by atoms with Gasteiger partial charge in [-0.1, -0.05) is 13.0 Å². The average Bonchev–Trinajstić information content (AvgIpc) is 2.89. The molecule has 0 bridgehead atoms. The van der Waals surface area contributed by atoms with E-state index in [1.807, 2.05) is 25.1 Å². The first-order valence-electron chi connectivity index (χ1n) is 5.89. The van der Waals surface area contributed by atoms with Crippen LogP contribution in [0.1, 0.15) is 18.9 Å². The maximum absolute atomic E-state index is 11.9. The number of rotatable bonds is 2. The van der Waals surface area contributed by atoms with Gasteiger partial charge < -0.3 is 14.7 Å². The Labute approximate surface area is 103 Å². The van der Waals surface area contributed by atoms with E-state index in [4.69, 9.17) is 4.74 Å². The van der Waals surface area contributed by atoms with Crippen LogP contribution >= 0.6 is 0 Å². The van der Waals surface area contributed by atoms with E-state index in [0.29, 0.717) is 0 Å². The molecule has 0 radical (unpaired) electrons. The first-order chi connectivity index (χ1) is 8.57. The summed E-state index contributed by atoms with van der Waals surface area (Å²) in [6, 6.07) is 5.55. The van der Waals surface area contributed by atoms with Crippen molar-refractivity contribution in [3.63, 3.8) is 0 Å². The van der Waals surface area contributed by atoms with E-state index in [0.717, 1.165) is 23.0 Å². The van der Waals surface area contributed by atoms with Crippen molar-refractivity contribution in [2.45, 2.75) is 18.8 Å². The number of ether oxygens (including phenoxy) is 1. The number of aromatic nitrogens is 2. The molecule has 2 N–H and O–H groups in total. The van der Waals surface area contributed by atoms with Gasteiger partial charge in [-0.15, -0.1) is 0 Å². The number of benzene rings is 1. The smallest absolute Gasteiger partial charge is 0.323 e. The minimum atomic E-state index is -0.531. The molecule has 0 aliphatic heterocycles. The highest BCUT2D eigenvalue weighted by Crippen LogP contribution is 2.55. The van der Waals surface area contributed by atoms with Crippen LogP contribution in [-0.4, -0.2) is 23.0 Å². The summed E-state index contributed by atoms with van der Waals surface area (Å²) in [5.41, 5.74) is 1.61. The molecule has 5 nitrogen and oxygen atoms in total. The van der Waals surface area contributed by atoms with E-state index in [-0.39, 0.29) is 17.6 Å². The van der Waals surface area contributed by atoms with Gasteiger partial charge in [0.25, 0.3) is 0 Å². The van der Waals surface area contributed by atoms with E-state index in [1.54, 1.807) is 0 Å². The standard InChI is InChI=1S/C13H14N2O3/c1-7-6-13(7,11(16)18-2)8-3-4-9-10(5-8)15-12(17)14-9/h3-5,7H,6H2,1-2H3,(H2,14,15,17). The molecular formula is C13H14N2O3. The van der Waals surface area contributed by atoms with E-state index in [1.165, 1.54) is 7.11 Å². The van der Waals surface area contributed by atoms with Crippen molar-refractivity contribution in [1.29, 1.82) is 0 Å². The summed E-state index contributed by atoms with van der Waals surface area (Å²) < 4.78 is 4.90. The number of carbonyl (C=O) groups is 1. The van der Waals surface area contributed by atoms with Crippen molar-refractivity contribution in [3.8, 4) is 0 Å². The van der Waals surface area contributed by atoms with Gasteiger partial charge >= 0.3 is 11.7 Å². The van der Waals surface area contributed by atoms with E-state index in [9.17, 15) is 9.59 Å². The second kappa shape index (κ2) is 3.48. The fourth-order valence-corrected chi connectivity index (χ4v) is 2.72. The molecule has 2 unspecified atom stereocenters. The van der Waals surface area contributed by atoms with Gasteiger partial charge in [-0.05, 0) is 30.0 Å². The van der Waals surface area contributed by atoms with Gasteiger partial charge in [0.2, 0.25) is 0 Å². The Kier molecular flexibility index (Phi) is 2.14. The quantitative estimate of drug-likeness (QED) is 0.784. The van der Waals surface area contributed by atoms with E-state index >= 15 is 0 Å². The fraction of sp³-hybridized carbons (Fsp3) is 0.385. The van der Waals surface area contributed by atoms with Crippen molar-refractivity contribution in [3.05, 3.63) is 34.2 Å². The van der Waals surface area contributed by atoms with Crippen molar-refractivity contribution in [1.82, 2.24) is 9.97 Å². The average molecular weight is 246 g/mol. The van der Waals surface area contributed by atoms with Crippen molar-refractivity contribution >= 4 is 17.0 Å². The molecule has 1 aromatic heterocycles. The van der Waals surface area contributed by atoms with E-state index < -0.39 is 5.41 Å². The van der Waals surface area contributed by atoms with Crippen LogP contribution in [0.3, 0.4) is 0 Å². The summed E-state index contributed by atoms with van der Waals surface area (Å²) in [5, 5.41) is 0. The van der Waals surface area contributed by atoms with Gasteiger partial charge in [0.1, 0.15) is 0 Å². The highest BCUT2D eigenvalue weighted by molar-refractivity contribution is 5.89. The number of hydrogen-bond donors (Lipinski definition) is 2. The van der Waals surface area contributed by atoms with Crippen LogP contribution in [0.4, 0.5) is 0 Å². The van der Waals surface area contributed by atoms with Crippen molar-refractivity contribution < 1.29 is 9.53 Å². The Hall–Kier alpha value is -2.04. The molecule has 1 fully saturated rings. The highest BCUT2D eigenvalue weighted by atomic mass is 16.5. The third-order valence-electron chi connectivity index (χ3n) is 3.89. The monoisotopic (exact) mass is 246 g/mol. The number of imidazole rings is 1. The lowest BCUT2D eigenvalue weighted by atomic mass is 9.93. The first-order valence-corrected chi connectivity index (χ1v) is 5.89. The van der Waals surface area contributed by atoms with Crippen molar-refractivity contribution in [2.75, 3.05) is 7.11 Å². The van der Waals surface area contributed by atoms with Gasteiger partial charge in [0.05, 0.1) is 23.6 Å². The molecule has 5 heteroatoms. The fourth-order valence-electron chi connectivity index (χ4n) is 2.72. The lowest BCUT2D eigenvalue weighted by Gasteiger charge is -2.14. The van der Waals surface area contributed by atoms with Crippen LogP contribution in [0.5, 0.6) is 0 Å². The molecule has 2 aromatic rings. The third kappa shape index (κ3) is 1.33. The molecule has 3 rings (SSSR count). The largest absolute Gasteiger partial charge is 0.468 e. The number of aromatic amines is 2. The second-order valence-electron chi connectivity index (χ2n) is 4.91. The SMILES string of the molecule is COC(=O)C1(c2ccc3[nH]c(=O)[nH]c3c2)CC1C. The Morgan fingerprint density at radius 2 is 2.06 bits per heavy atom. The second-order valence-corrected chi connectivity index (χ2v) is 4.91. The summed E-state index contributed by atoms with van der Waals surface area (Å²) >= 11 is 0. The zero-order valence-electron chi connectivity index (χ0n) is 10.2. The molecule has 1 saturated carbocycles. The van der Waals surface area contributed by atoms with Gasteiger partial charge in [-0.2, -0.15) is 0 Å². The summed E-state index contributed by atoms with van der Waals surface area (Å²) in [6.07, 6.45) is 0.792. The Morgan fingerprint density at radius 3 is 2.67 bits per heavy atom. The Morgan fingerprint density at radius 1 is 1.39 bits per heavy atom. The molecule has 1 aliphatic carbocycles. The van der Waals surface area contributed by atoms with Crippen LogP contribution in [0, 0.1) is 5.92 Å². The van der Waals surface area contributed by atoms with Gasteiger partial charge in [0, 0.05) is 0 Å². The Balaban J connectivity index is 2.14. The summed E-state index contributed by atoms with van der Waals surface area (Å²) in [4.78, 5) is 28.6. The third-order valence-corrected chi connectivity index (χ3v) is 3.89. The zero-order valence-corrected chi connectivity index (χ0v) is 10.2. The maximum Gasteiger partial charge on any atom is 0.323 e. The predicted molar refractivity (Wildman–Crippen MR) is 66.4 cm³/mol. The molecule has 2 atom stereocenters. The number of H-pyrrole nitrogens is 2. The summed E-state index contributed by atoms with van der Waals surface area (Å²) in [5.74, 6) is 0.0697. The lowest BCUT2D eigenvalue weighted by molar-refractivity contribution is -0.144. The number of esters is 1. The predicted octanol–water partition coefficient (Wildman–Crippen LogP) is 1.31. The van der Waals surface area contributed by atoms with Gasteiger partial charge in [0.15, 0.2) is 0 Å².